The van der Waals surface area contributed by atoms with E-state index >= 15 is 0 Å². The Kier molecular flexibility index (Phi) is 5.01. The highest BCUT2D eigenvalue weighted by molar-refractivity contribution is 5.25. The van der Waals surface area contributed by atoms with Crippen LogP contribution in [-0.4, -0.2) is 0 Å². The SMILES string of the molecule is CC(C)CC(c1ccc(CN)cc1)C(C)C. The van der Waals surface area contributed by atoms with E-state index in [0.717, 1.165) is 5.92 Å². The van der Waals surface area contributed by atoms with Crippen LogP contribution < -0.4 is 5.73 Å². The zero-order valence-electron chi connectivity index (χ0n) is 11.0. The second-order valence-corrected chi connectivity index (χ2v) is 5.43. The molecular formula is C15H25N. The number of nitrogens with two attached hydrogens (primary N) is 1. The Labute approximate surface area is 100 Å². The third kappa shape index (κ3) is 3.64. The Balaban J connectivity index is 2.84. The summed E-state index contributed by atoms with van der Waals surface area (Å²) in [7, 11) is 0. The van der Waals surface area contributed by atoms with Crippen molar-refractivity contribution in [2.75, 3.05) is 0 Å². The van der Waals surface area contributed by atoms with Crippen molar-refractivity contribution in [3.05, 3.63) is 35.4 Å². The van der Waals surface area contributed by atoms with Crippen molar-refractivity contribution in [2.24, 2.45) is 17.6 Å². The molecule has 1 rings (SSSR count). The first-order valence-corrected chi connectivity index (χ1v) is 6.33. The van der Waals surface area contributed by atoms with Crippen molar-refractivity contribution >= 4 is 0 Å². The molecule has 1 aromatic carbocycles. The first-order chi connectivity index (χ1) is 7.54. The number of hydrogen-bond acceptors (Lipinski definition) is 1. The molecule has 16 heavy (non-hydrogen) atoms. The van der Waals surface area contributed by atoms with Gasteiger partial charge in [-0.1, -0.05) is 52.0 Å². The topological polar surface area (TPSA) is 26.0 Å². The van der Waals surface area contributed by atoms with Crippen LogP contribution in [0.4, 0.5) is 0 Å². The van der Waals surface area contributed by atoms with Gasteiger partial charge in [-0.25, -0.2) is 0 Å². The molecule has 0 saturated heterocycles. The lowest BCUT2D eigenvalue weighted by Crippen LogP contribution is -2.10. The fourth-order valence-corrected chi connectivity index (χ4v) is 2.20. The van der Waals surface area contributed by atoms with Gasteiger partial charge in [-0.05, 0) is 35.3 Å². The fraction of sp³-hybridized carbons (Fsp3) is 0.600. The number of hydrogen-bond donors (Lipinski definition) is 1. The molecule has 0 aliphatic heterocycles. The lowest BCUT2D eigenvalue weighted by atomic mass is 9.82. The van der Waals surface area contributed by atoms with Crippen LogP contribution in [0.25, 0.3) is 0 Å². The molecule has 1 atom stereocenters. The van der Waals surface area contributed by atoms with E-state index in [1.807, 2.05) is 0 Å². The molecule has 0 fully saturated rings. The highest BCUT2D eigenvalue weighted by Crippen LogP contribution is 2.30. The van der Waals surface area contributed by atoms with Gasteiger partial charge < -0.3 is 5.73 Å². The van der Waals surface area contributed by atoms with Gasteiger partial charge in [-0.3, -0.25) is 0 Å². The van der Waals surface area contributed by atoms with E-state index in [2.05, 4.69) is 52.0 Å². The average molecular weight is 219 g/mol. The molecule has 2 N–H and O–H groups in total. The molecule has 0 heterocycles. The molecule has 0 bridgehead atoms. The van der Waals surface area contributed by atoms with Crippen LogP contribution in [0.2, 0.25) is 0 Å². The Hall–Kier alpha value is -0.820. The Bertz CT molecular complexity index is 298. The molecule has 0 aromatic heterocycles. The molecule has 0 spiro atoms. The third-order valence-corrected chi connectivity index (χ3v) is 3.17. The van der Waals surface area contributed by atoms with Crippen LogP contribution in [0.15, 0.2) is 24.3 Å². The van der Waals surface area contributed by atoms with E-state index in [9.17, 15) is 0 Å². The summed E-state index contributed by atoms with van der Waals surface area (Å²) in [4.78, 5) is 0. The molecule has 0 radical (unpaired) electrons. The van der Waals surface area contributed by atoms with Crippen molar-refractivity contribution in [2.45, 2.75) is 46.6 Å². The number of benzene rings is 1. The summed E-state index contributed by atoms with van der Waals surface area (Å²) in [5.74, 6) is 2.12. The van der Waals surface area contributed by atoms with Gasteiger partial charge in [0.05, 0.1) is 0 Å². The summed E-state index contributed by atoms with van der Waals surface area (Å²) in [5.41, 5.74) is 8.29. The third-order valence-electron chi connectivity index (χ3n) is 3.17. The summed E-state index contributed by atoms with van der Waals surface area (Å²) in [6, 6.07) is 8.81. The van der Waals surface area contributed by atoms with Gasteiger partial charge >= 0.3 is 0 Å². The monoisotopic (exact) mass is 219 g/mol. The van der Waals surface area contributed by atoms with E-state index in [1.165, 1.54) is 17.5 Å². The second kappa shape index (κ2) is 6.05. The normalized spacial score (nSPS) is 13.4. The maximum atomic E-state index is 5.62. The smallest absolute Gasteiger partial charge is 0.0178 e. The zero-order chi connectivity index (χ0) is 12.1. The zero-order valence-corrected chi connectivity index (χ0v) is 11.0. The Morgan fingerprint density at radius 3 is 1.94 bits per heavy atom. The predicted molar refractivity (Wildman–Crippen MR) is 71.4 cm³/mol. The minimum absolute atomic E-state index is 0.636. The minimum Gasteiger partial charge on any atom is -0.326 e. The van der Waals surface area contributed by atoms with Gasteiger partial charge in [-0.15, -0.1) is 0 Å². The average Bonchev–Trinajstić information content (AvgIpc) is 2.25. The van der Waals surface area contributed by atoms with E-state index in [0.29, 0.717) is 18.4 Å². The molecule has 1 unspecified atom stereocenters. The summed E-state index contributed by atoms with van der Waals surface area (Å²) in [6.07, 6.45) is 1.26. The Morgan fingerprint density at radius 1 is 1.00 bits per heavy atom. The van der Waals surface area contributed by atoms with Crippen molar-refractivity contribution < 1.29 is 0 Å². The molecular weight excluding hydrogens is 194 g/mol. The van der Waals surface area contributed by atoms with Crippen LogP contribution in [0.5, 0.6) is 0 Å². The van der Waals surface area contributed by atoms with Crippen molar-refractivity contribution in [3.8, 4) is 0 Å². The fourth-order valence-electron chi connectivity index (χ4n) is 2.20. The van der Waals surface area contributed by atoms with E-state index in [-0.39, 0.29) is 0 Å². The van der Waals surface area contributed by atoms with Gasteiger partial charge in [0.25, 0.3) is 0 Å². The van der Waals surface area contributed by atoms with Gasteiger partial charge in [0.1, 0.15) is 0 Å². The van der Waals surface area contributed by atoms with Crippen molar-refractivity contribution in [3.63, 3.8) is 0 Å². The largest absolute Gasteiger partial charge is 0.326 e. The molecule has 0 amide bonds. The summed E-state index contributed by atoms with van der Waals surface area (Å²) >= 11 is 0. The van der Waals surface area contributed by atoms with Gasteiger partial charge in [-0.2, -0.15) is 0 Å². The van der Waals surface area contributed by atoms with Gasteiger partial charge in [0.2, 0.25) is 0 Å². The van der Waals surface area contributed by atoms with E-state index in [4.69, 9.17) is 5.73 Å². The number of rotatable bonds is 5. The molecule has 1 aromatic rings. The standard InChI is InChI=1S/C15H25N/c1-11(2)9-15(12(3)4)14-7-5-13(10-16)6-8-14/h5-8,11-12,15H,9-10,16H2,1-4H3. The summed E-state index contributed by atoms with van der Waals surface area (Å²) in [5, 5.41) is 0. The maximum absolute atomic E-state index is 5.62. The molecule has 1 nitrogen and oxygen atoms in total. The highest BCUT2D eigenvalue weighted by Gasteiger charge is 2.16. The van der Waals surface area contributed by atoms with Crippen LogP contribution in [-0.2, 0) is 6.54 Å². The molecule has 0 saturated carbocycles. The second-order valence-electron chi connectivity index (χ2n) is 5.43. The molecule has 1 heteroatoms. The van der Waals surface area contributed by atoms with Gasteiger partial charge in [0, 0.05) is 6.54 Å². The quantitative estimate of drug-likeness (QED) is 0.797. The lowest BCUT2D eigenvalue weighted by Gasteiger charge is -2.23. The predicted octanol–water partition coefficient (Wildman–Crippen LogP) is 3.93. The maximum Gasteiger partial charge on any atom is 0.0178 e. The van der Waals surface area contributed by atoms with E-state index in [1.54, 1.807) is 0 Å². The van der Waals surface area contributed by atoms with E-state index < -0.39 is 0 Å². The van der Waals surface area contributed by atoms with Crippen LogP contribution in [0.1, 0.15) is 51.2 Å². The lowest BCUT2D eigenvalue weighted by molar-refractivity contribution is 0.408. The van der Waals surface area contributed by atoms with Crippen LogP contribution >= 0.6 is 0 Å². The van der Waals surface area contributed by atoms with Gasteiger partial charge in [0.15, 0.2) is 0 Å². The van der Waals surface area contributed by atoms with Crippen molar-refractivity contribution in [1.82, 2.24) is 0 Å². The highest BCUT2D eigenvalue weighted by atomic mass is 14.5. The Morgan fingerprint density at radius 2 is 1.56 bits per heavy atom. The van der Waals surface area contributed by atoms with Crippen LogP contribution in [0.3, 0.4) is 0 Å². The molecule has 90 valence electrons. The summed E-state index contributed by atoms with van der Waals surface area (Å²) < 4.78 is 0. The first-order valence-electron chi connectivity index (χ1n) is 6.33. The van der Waals surface area contributed by atoms with Crippen LogP contribution in [0, 0.1) is 11.8 Å². The summed E-state index contributed by atoms with van der Waals surface area (Å²) in [6.45, 7) is 9.85. The first kappa shape index (κ1) is 13.2. The molecule has 0 aliphatic rings. The van der Waals surface area contributed by atoms with Crippen molar-refractivity contribution in [1.29, 1.82) is 0 Å². The minimum atomic E-state index is 0.636. The molecule has 0 aliphatic carbocycles.